The first kappa shape index (κ1) is 16.3. The number of para-hydroxylation sites is 2. The molecule has 0 saturated heterocycles. The van der Waals surface area contributed by atoms with Gasteiger partial charge in [0.1, 0.15) is 11.2 Å². The molecular formula is C19H15F2N3O2. The summed E-state index contributed by atoms with van der Waals surface area (Å²) in [7, 11) is 1.39. The first-order valence-electron chi connectivity index (χ1n) is 8.06. The highest BCUT2D eigenvalue weighted by molar-refractivity contribution is 5.75. The number of rotatable bonds is 5. The van der Waals surface area contributed by atoms with Gasteiger partial charge < -0.3 is 14.5 Å². The maximum Gasteiger partial charge on any atom is 0.387 e. The highest BCUT2D eigenvalue weighted by Gasteiger charge is 2.59. The minimum atomic E-state index is -2.93. The number of hydrogen-bond acceptors (Lipinski definition) is 4. The van der Waals surface area contributed by atoms with Crippen molar-refractivity contribution in [3.8, 4) is 17.6 Å². The highest BCUT2D eigenvalue weighted by atomic mass is 19.3. The van der Waals surface area contributed by atoms with Gasteiger partial charge in [-0.3, -0.25) is 0 Å². The van der Waals surface area contributed by atoms with Crippen LogP contribution in [0.1, 0.15) is 23.7 Å². The fraction of sp³-hybridized carbons (Fsp3) is 0.263. The van der Waals surface area contributed by atoms with Gasteiger partial charge in [-0.1, -0.05) is 18.2 Å². The van der Waals surface area contributed by atoms with Crippen LogP contribution in [0.3, 0.4) is 0 Å². The van der Waals surface area contributed by atoms with Crippen molar-refractivity contribution in [2.24, 2.45) is 0 Å². The maximum atomic E-state index is 12.5. The molecule has 5 nitrogen and oxygen atoms in total. The van der Waals surface area contributed by atoms with Crippen molar-refractivity contribution in [2.45, 2.75) is 24.4 Å². The SMILES string of the molecule is COc1cc([C@H]2C[C@@]2(C#N)c2nc3ccccc3[nH]2)ccc1OC(F)F. The minimum absolute atomic E-state index is 0.0294. The number of benzene rings is 2. The van der Waals surface area contributed by atoms with Gasteiger partial charge in [-0.2, -0.15) is 14.0 Å². The third kappa shape index (κ3) is 2.54. The van der Waals surface area contributed by atoms with Crippen molar-refractivity contribution in [1.82, 2.24) is 9.97 Å². The zero-order valence-electron chi connectivity index (χ0n) is 13.9. The third-order valence-corrected chi connectivity index (χ3v) is 4.78. The van der Waals surface area contributed by atoms with Crippen molar-refractivity contribution in [1.29, 1.82) is 5.26 Å². The number of hydrogen-bond donors (Lipinski definition) is 1. The summed E-state index contributed by atoms with van der Waals surface area (Å²) in [5.41, 5.74) is 1.75. The molecule has 1 fully saturated rings. The molecule has 4 rings (SSSR count). The molecule has 0 aliphatic heterocycles. The van der Waals surface area contributed by atoms with Gasteiger partial charge in [0.05, 0.1) is 24.2 Å². The molecule has 1 saturated carbocycles. The molecule has 1 heterocycles. The maximum absolute atomic E-state index is 12.5. The summed E-state index contributed by atoms with van der Waals surface area (Å²) in [6, 6.07) is 14.7. The molecule has 26 heavy (non-hydrogen) atoms. The van der Waals surface area contributed by atoms with Gasteiger partial charge >= 0.3 is 6.61 Å². The number of imidazole rings is 1. The number of fused-ring (bicyclic) bond motifs is 1. The Labute approximate surface area is 148 Å². The average molecular weight is 355 g/mol. The number of H-pyrrole nitrogens is 1. The fourth-order valence-corrected chi connectivity index (χ4v) is 3.36. The van der Waals surface area contributed by atoms with E-state index in [0.29, 0.717) is 12.2 Å². The van der Waals surface area contributed by atoms with Crippen LogP contribution < -0.4 is 9.47 Å². The first-order valence-corrected chi connectivity index (χ1v) is 8.06. The van der Waals surface area contributed by atoms with Gasteiger partial charge in [0, 0.05) is 5.92 Å². The molecule has 1 aliphatic carbocycles. The summed E-state index contributed by atoms with van der Waals surface area (Å²) in [6.45, 7) is -2.93. The summed E-state index contributed by atoms with van der Waals surface area (Å²) in [4.78, 5) is 7.79. The number of methoxy groups -OCH3 is 1. The van der Waals surface area contributed by atoms with Crippen molar-refractivity contribution >= 4 is 11.0 Å². The van der Waals surface area contributed by atoms with Crippen molar-refractivity contribution in [3.05, 3.63) is 53.9 Å². The molecule has 0 amide bonds. The van der Waals surface area contributed by atoms with E-state index in [1.54, 1.807) is 12.1 Å². The van der Waals surface area contributed by atoms with E-state index in [0.717, 1.165) is 16.6 Å². The summed E-state index contributed by atoms with van der Waals surface area (Å²) in [5, 5.41) is 9.80. The molecule has 1 aliphatic rings. The Hall–Kier alpha value is -3.14. The zero-order valence-corrected chi connectivity index (χ0v) is 13.9. The smallest absolute Gasteiger partial charge is 0.387 e. The number of ether oxygens (including phenoxy) is 2. The lowest BCUT2D eigenvalue weighted by atomic mass is 9.99. The van der Waals surface area contributed by atoms with E-state index < -0.39 is 12.0 Å². The molecule has 2 atom stereocenters. The van der Waals surface area contributed by atoms with E-state index in [1.807, 2.05) is 24.3 Å². The molecule has 1 N–H and O–H groups in total. The average Bonchev–Trinajstić information content (AvgIpc) is 3.23. The van der Waals surface area contributed by atoms with Crippen LogP contribution >= 0.6 is 0 Å². The minimum Gasteiger partial charge on any atom is -0.493 e. The summed E-state index contributed by atoms with van der Waals surface area (Å²) in [6.07, 6.45) is 0.599. The fourth-order valence-electron chi connectivity index (χ4n) is 3.36. The number of nitriles is 1. The number of alkyl halides is 2. The quantitative estimate of drug-likeness (QED) is 0.747. The van der Waals surface area contributed by atoms with Crippen LogP contribution in [0.2, 0.25) is 0 Å². The Bertz CT molecular complexity index is 978. The molecule has 0 radical (unpaired) electrons. The highest BCUT2D eigenvalue weighted by Crippen LogP contribution is 2.60. The van der Waals surface area contributed by atoms with Crippen molar-refractivity contribution in [2.75, 3.05) is 7.11 Å². The van der Waals surface area contributed by atoms with Crippen LogP contribution in [0.5, 0.6) is 11.5 Å². The van der Waals surface area contributed by atoms with Crippen LogP contribution in [0.25, 0.3) is 11.0 Å². The summed E-state index contributed by atoms with van der Waals surface area (Å²) in [5.74, 6) is 0.713. The van der Waals surface area contributed by atoms with Gasteiger partial charge in [-0.25, -0.2) is 4.98 Å². The lowest BCUT2D eigenvalue weighted by Gasteiger charge is -2.12. The number of halogens is 2. The van der Waals surface area contributed by atoms with E-state index in [2.05, 4.69) is 20.8 Å². The first-order chi connectivity index (χ1) is 12.6. The molecule has 1 aromatic heterocycles. The predicted molar refractivity (Wildman–Crippen MR) is 90.4 cm³/mol. The van der Waals surface area contributed by atoms with Crippen LogP contribution in [0.15, 0.2) is 42.5 Å². The summed E-state index contributed by atoms with van der Waals surface area (Å²) < 4.78 is 34.6. The zero-order chi connectivity index (χ0) is 18.3. The number of nitrogens with zero attached hydrogens (tertiary/aromatic N) is 2. The third-order valence-electron chi connectivity index (χ3n) is 4.78. The lowest BCUT2D eigenvalue weighted by molar-refractivity contribution is -0.0512. The van der Waals surface area contributed by atoms with Crippen LogP contribution in [-0.4, -0.2) is 23.7 Å². The van der Waals surface area contributed by atoms with Crippen LogP contribution in [0.4, 0.5) is 8.78 Å². The molecule has 132 valence electrons. The Morgan fingerprint density at radius 2 is 2.08 bits per heavy atom. The normalized spacial score (nSPS) is 21.6. The van der Waals surface area contributed by atoms with Gasteiger partial charge in [-0.05, 0) is 36.2 Å². The van der Waals surface area contributed by atoms with Crippen molar-refractivity contribution < 1.29 is 18.3 Å². The largest absolute Gasteiger partial charge is 0.493 e. The Morgan fingerprint density at radius 1 is 1.27 bits per heavy atom. The molecule has 7 heteroatoms. The van der Waals surface area contributed by atoms with Gasteiger partial charge in [-0.15, -0.1) is 0 Å². The Kier molecular flexibility index (Phi) is 3.76. The Morgan fingerprint density at radius 3 is 2.77 bits per heavy atom. The molecular weight excluding hydrogens is 340 g/mol. The van der Waals surface area contributed by atoms with Crippen molar-refractivity contribution in [3.63, 3.8) is 0 Å². The standard InChI is InChI=1S/C19H15F2N3O2/c1-25-16-8-11(6-7-15(16)26-18(20)21)12-9-19(12,10-22)17-23-13-4-2-3-5-14(13)24-17/h2-8,12,18H,9H2,1H3,(H,23,24)/t12-,19+/m1/s1. The number of aromatic nitrogens is 2. The van der Waals surface area contributed by atoms with E-state index >= 15 is 0 Å². The second kappa shape index (κ2) is 5.99. The molecule has 3 aromatic rings. The van der Waals surface area contributed by atoms with E-state index in [4.69, 9.17) is 4.74 Å². The van der Waals surface area contributed by atoms with Crippen LogP contribution in [0, 0.1) is 11.3 Å². The number of nitrogens with one attached hydrogen (secondary N) is 1. The molecule has 0 spiro atoms. The second-order valence-electron chi connectivity index (χ2n) is 6.23. The molecule has 0 bridgehead atoms. The van der Waals surface area contributed by atoms with Gasteiger partial charge in [0.15, 0.2) is 11.5 Å². The van der Waals surface area contributed by atoms with Gasteiger partial charge in [0.25, 0.3) is 0 Å². The molecule has 0 unspecified atom stereocenters. The van der Waals surface area contributed by atoms with E-state index in [-0.39, 0.29) is 17.4 Å². The van der Waals surface area contributed by atoms with Gasteiger partial charge in [0.2, 0.25) is 0 Å². The topological polar surface area (TPSA) is 70.9 Å². The summed E-state index contributed by atoms with van der Waals surface area (Å²) >= 11 is 0. The second-order valence-corrected chi connectivity index (χ2v) is 6.23. The Balaban J connectivity index is 1.68. The monoisotopic (exact) mass is 355 g/mol. The number of aromatic amines is 1. The van der Waals surface area contributed by atoms with E-state index in [9.17, 15) is 14.0 Å². The predicted octanol–water partition coefficient (Wildman–Crippen LogP) is 4.12. The van der Waals surface area contributed by atoms with E-state index in [1.165, 1.54) is 13.2 Å². The lowest BCUT2D eigenvalue weighted by Crippen LogP contribution is -2.09. The molecule has 2 aromatic carbocycles. The van der Waals surface area contributed by atoms with Crippen LogP contribution in [-0.2, 0) is 5.41 Å².